The number of rotatable bonds is 19. The van der Waals surface area contributed by atoms with Crippen molar-refractivity contribution in [3.63, 3.8) is 0 Å². The molecule has 2 N–H and O–H groups in total. The summed E-state index contributed by atoms with van der Waals surface area (Å²) in [6.45, 7) is 71.2. The van der Waals surface area contributed by atoms with Crippen LogP contribution in [0.5, 0.6) is 0 Å². The minimum atomic E-state index is -0.651. The van der Waals surface area contributed by atoms with Gasteiger partial charge < -0.3 is 43.4 Å². The zero-order valence-corrected chi connectivity index (χ0v) is 69.6. The smallest absolute Gasteiger partial charge is 0.317 e. The van der Waals surface area contributed by atoms with E-state index in [1.807, 2.05) is 158 Å². The summed E-state index contributed by atoms with van der Waals surface area (Å²) in [5.74, 6) is -1.66. The summed E-state index contributed by atoms with van der Waals surface area (Å²) in [5.41, 5.74) is 7.59. The van der Waals surface area contributed by atoms with E-state index < -0.39 is 23.4 Å². The lowest BCUT2D eigenvalue weighted by Crippen LogP contribution is -2.36. The predicted octanol–water partition coefficient (Wildman–Crippen LogP) is 17.4. The Balaban J connectivity index is 0.00000119. The average molecular weight is 1420 g/mol. The Morgan fingerprint density at radius 1 is 0.475 bits per heavy atom. The molecule has 6 rings (SSSR count). The Morgan fingerprint density at radius 3 is 1.09 bits per heavy atom. The number of esters is 7. The summed E-state index contributed by atoms with van der Waals surface area (Å²) in [5, 5.41) is 18.6. The molecule has 0 spiro atoms. The van der Waals surface area contributed by atoms with Crippen LogP contribution in [0.3, 0.4) is 0 Å². The van der Waals surface area contributed by atoms with Gasteiger partial charge in [-0.1, -0.05) is 234 Å². The average Bonchev–Trinajstić information content (AvgIpc) is 1.68. The minimum Gasteiger partial charge on any atom is -0.465 e. The monoisotopic (exact) mass is 1420 g/mol. The third kappa shape index (κ3) is 27.4. The number of allylic oxidation sites excluding steroid dienone is 8. The first-order chi connectivity index (χ1) is 46.0. The highest BCUT2D eigenvalue weighted by molar-refractivity contribution is 6.11. The van der Waals surface area contributed by atoms with Crippen molar-refractivity contribution in [1.82, 2.24) is 0 Å². The van der Waals surface area contributed by atoms with Gasteiger partial charge in [-0.3, -0.25) is 38.4 Å². The topological polar surface area (TPSA) is 242 Å². The fraction of sp³-hybridized carbons (Fsp3) is 0.762. The maximum absolute atomic E-state index is 11.9. The van der Waals surface area contributed by atoms with Crippen LogP contribution in [0.2, 0.25) is 0 Å². The van der Waals surface area contributed by atoms with Gasteiger partial charge in [0.25, 0.3) is 0 Å². The number of hydrogen-bond acceptors (Lipinski definition) is 17. The van der Waals surface area contributed by atoms with Crippen LogP contribution in [0.25, 0.3) is 0 Å². The van der Waals surface area contributed by atoms with Gasteiger partial charge in [0.15, 0.2) is 5.78 Å². The van der Waals surface area contributed by atoms with Gasteiger partial charge >= 0.3 is 41.8 Å². The van der Waals surface area contributed by atoms with Crippen LogP contribution >= 0.6 is 0 Å². The summed E-state index contributed by atoms with van der Waals surface area (Å²) in [4.78, 5) is 93.2. The van der Waals surface area contributed by atoms with E-state index in [1.165, 1.54) is 16.7 Å². The molecule has 0 fully saturated rings. The van der Waals surface area contributed by atoms with Crippen molar-refractivity contribution in [2.24, 2.45) is 109 Å². The minimum absolute atomic E-state index is 0.0255. The molecule has 0 saturated heterocycles. The molecule has 6 aliphatic carbocycles. The van der Waals surface area contributed by atoms with Gasteiger partial charge in [0.2, 0.25) is 0 Å². The van der Waals surface area contributed by atoms with Crippen molar-refractivity contribution >= 4 is 47.6 Å². The van der Waals surface area contributed by atoms with Crippen LogP contribution in [-0.2, 0) is 71.5 Å². The lowest BCUT2D eigenvalue weighted by molar-refractivity contribution is -0.160. The number of ether oxygens (including phenoxy) is 7. The fourth-order valence-corrected chi connectivity index (χ4v) is 13.3. The van der Waals surface area contributed by atoms with Crippen LogP contribution < -0.4 is 0 Å². The Kier molecular flexibility index (Phi) is 38.3. The van der Waals surface area contributed by atoms with Gasteiger partial charge in [-0.15, -0.1) is 0 Å². The number of Topliss-reactive ketones (excluding diaryl/α,β-unsaturated/α-hetero) is 1. The zero-order valence-electron chi connectivity index (χ0n) is 69.6. The standard InChI is InChI=1S/2C17H28O4.2C14H24O2.C11H16O3.C9H16O2.C2H6/c2*1-10(2)15(18)20-9-13-14(21-16(19)11(3)4)12(5)8-17(13,6)7;2*1-9(2)13(15)16-8-12-7-10(3)11(4)14(12,5)6;1-5-14-10(13)8-9(12)7(2)6-11(8,3)4;1-6-4-9(2,3)7(5-10)8(6)11;1-2/h2*8,10-11,13-14H,9H2,1-7H3;9,12H,7-8H2,1-6H3;7,9,11-12H,8H2,1-6H3;6,8H,5H2,1-4H3;4,7-8,10-11H,5H2,1-3H3;1-2H3/t2*13-,14-;;11-,12+;;7-,8-;/m11.1.1./s1. The van der Waals surface area contributed by atoms with Crippen molar-refractivity contribution in [3.05, 3.63) is 69.4 Å². The predicted molar refractivity (Wildman–Crippen MR) is 403 cm³/mol. The third-order valence-corrected chi connectivity index (χ3v) is 21.2. The first-order valence-electron chi connectivity index (χ1n) is 37.2. The number of aliphatic hydroxyl groups is 2. The van der Waals surface area contributed by atoms with E-state index in [2.05, 4.69) is 101 Å². The van der Waals surface area contributed by atoms with Crippen molar-refractivity contribution < 1.29 is 81.7 Å². The molecule has 17 nitrogen and oxygen atoms in total. The van der Waals surface area contributed by atoms with Gasteiger partial charge in [-0.25, -0.2) is 0 Å². The van der Waals surface area contributed by atoms with E-state index in [0.29, 0.717) is 43.1 Å². The van der Waals surface area contributed by atoms with E-state index in [0.717, 1.165) is 23.1 Å². The number of carbonyl (C=O) groups is 8. The molecule has 580 valence electrons. The molecule has 0 aromatic rings. The maximum atomic E-state index is 11.9. The second kappa shape index (κ2) is 40.6. The van der Waals surface area contributed by atoms with Gasteiger partial charge in [-0.05, 0) is 117 Å². The van der Waals surface area contributed by atoms with Crippen LogP contribution in [0, 0.1) is 109 Å². The summed E-state index contributed by atoms with van der Waals surface area (Å²) in [6, 6.07) is 0. The normalized spacial score (nSPS) is 25.7. The molecular weight excluding hydrogens is 1280 g/mol. The fourth-order valence-electron chi connectivity index (χ4n) is 13.3. The molecule has 101 heavy (non-hydrogen) atoms. The molecule has 0 bridgehead atoms. The molecular formula is C84H142O17. The van der Waals surface area contributed by atoms with E-state index in [1.54, 1.807) is 13.8 Å². The van der Waals surface area contributed by atoms with Gasteiger partial charge in [0.05, 0.1) is 74.6 Å². The number of carbonyl (C=O) groups excluding carboxylic acids is 8. The van der Waals surface area contributed by atoms with Gasteiger partial charge in [0.1, 0.15) is 18.1 Å². The maximum Gasteiger partial charge on any atom is 0.317 e. The van der Waals surface area contributed by atoms with E-state index in [4.69, 9.17) is 38.3 Å². The highest BCUT2D eigenvalue weighted by Gasteiger charge is 2.48. The lowest BCUT2D eigenvalue weighted by Gasteiger charge is -2.32. The largest absolute Gasteiger partial charge is 0.465 e. The summed E-state index contributed by atoms with van der Waals surface area (Å²) >= 11 is 0. The van der Waals surface area contributed by atoms with E-state index in [9.17, 15) is 43.5 Å². The highest BCUT2D eigenvalue weighted by Crippen LogP contribution is 2.49. The molecule has 0 amide bonds. The number of aliphatic hydroxyl groups excluding tert-OH is 2. The van der Waals surface area contributed by atoms with Crippen LogP contribution in [-0.4, -0.2) is 116 Å². The second-order valence-corrected chi connectivity index (χ2v) is 34.0. The lowest BCUT2D eigenvalue weighted by atomic mass is 9.74. The summed E-state index contributed by atoms with van der Waals surface area (Å²) in [6.07, 6.45) is 10.4. The number of hydrogen-bond donors (Lipinski definition) is 2. The second-order valence-electron chi connectivity index (χ2n) is 34.0. The van der Waals surface area contributed by atoms with Crippen LogP contribution in [0.1, 0.15) is 249 Å². The summed E-state index contributed by atoms with van der Waals surface area (Å²) in [7, 11) is 0. The molecule has 2 unspecified atom stereocenters. The molecule has 10 atom stereocenters. The molecule has 0 radical (unpaired) electrons. The van der Waals surface area contributed by atoms with Crippen molar-refractivity contribution in [3.8, 4) is 0 Å². The SMILES string of the molecule is CC.CC1=C(C)C(C)(C)C(COC(=O)C(C)C)C1.CC1=CC(C)(C)[C@H](CO)[C@@H]1O.CC1=CC(C)(C)[C@H](COC(=O)C(C)C)[C@@H]1OC(=O)C(C)C.CC1=CC(C)(C)[C@H](COC(=O)C(C)C)[C@@H]1OC(=O)C(C)C.CC1=C[C@@H](COC(=O)C(C)C)C(C)(C)[C@@H]1C.CCOC(=O)C1C(=O)C(C)=CC1(C)C. The Labute approximate surface area is 612 Å². The van der Waals surface area contributed by atoms with Crippen molar-refractivity contribution in [1.29, 1.82) is 0 Å². The Morgan fingerprint density at radius 2 is 0.822 bits per heavy atom. The first kappa shape index (κ1) is 95.3. The molecule has 0 saturated carbocycles. The molecule has 17 heteroatoms. The molecule has 0 aliphatic heterocycles. The van der Waals surface area contributed by atoms with Crippen LogP contribution in [0.4, 0.5) is 0 Å². The zero-order chi connectivity index (χ0) is 79.3. The summed E-state index contributed by atoms with van der Waals surface area (Å²) < 4.78 is 37.6. The van der Waals surface area contributed by atoms with E-state index in [-0.39, 0.29) is 154 Å². The third-order valence-electron chi connectivity index (χ3n) is 21.2. The Hall–Kier alpha value is -5.68. The highest BCUT2D eigenvalue weighted by atomic mass is 16.6. The molecule has 6 aliphatic rings. The van der Waals surface area contributed by atoms with Crippen molar-refractivity contribution in [2.45, 2.75) is 267 Å². The first-order valence-corrected chi connectivity index (χ1v) is 37.2. The van der Waals surface area contributed by atoms with Crippen molar-refractivity contribution in [2.75, 3.05) is 39.6 Å². The molecule has 0 heterocycles. The van der Waals surface area contributed by atoms with E-state index >= 15 is 0 Å². The Bertz CT molecular complexity index is 2880. The number of ketones is 1. The van der Waals surface area contributed by atoms with Crippen LogP contribution in [0.15, 0.2) is 69.4 Å². The van der Waals surface area contributed by atoms with Gasteiger partial charge in [-0.2, -0.15) is 0 Å². The molecule has 0 aromatic carbocycles. The van der Waals surface area contributed by atoms with Gasteiger partial charge in [0, 0.05) is 41.6 Å². The quantitative estimate of drug-likeness (QED) is 0.0528. The molecule has 0 aromatic heterocycles.